The van der Waals surface area contributed by atoms with Gasteiger partial charge >= 0.3 is 0 Å². The van der Waals surface area contributed by atoms with Crippen LogP contribution in [0.3, 0.4) is 0 Å². The van der Waals surface area contributed by atoms with Crippen LogP contribution in [0.2, 0.25) is 0 Å². The zero-order valence-electron chi connectivity index (χ0n) is 12.2. The number of aryl methyl sites for hydroxylation is 1. The van der Waals surface area contributed by atoms with Gasteiger partial charge in [-0.1, -0.05) is 29.8 Å². The first-order chi connectivity index (χ1) is 10.2. The third-order valence-electron chi connectivity index (χ3n) is 3.66. The fourth-order valence-corrected chi connectivity index (χ4v) is 2.33. The van der Waals surface area contributed by atoms with E-state index in [0.717, 1.165) is 16.9 Å². The van der Waals surface area contributed by atoms with Crippen molar-refractivity contribution >= 4 is 0 Å². The first kappa shape index (κ1) is 14.1. The molecule has 1 aliphatic carbocycles. The highest BCUT2D eigenvalue weighted by molar-refractivity contribution is 5.34. The van der Waals surface area contributed by atoms with E-state index < -0.39 is 0 Å². The maximum Gasteiger partial charge on any atom is 0.124 e. The molecular formula is C18H20FNO. The van der Waals surface area contributed by atoms with Gasteiger partial charge in [-0.25, -0.2) is 4.39 Å². The van der Waals surface area contributed by atoms with Gasteiger partial charge in [0.2, 0.25) is 0 Å². The Hall–Kier alpha value is -1.87. The molecule has 0 aliphatic heterocycles. The first-order valence-electron chi connectivity index (χ1n) is 7.41. The van der Waals surface area contributed by atoms with Crippen molar-refractivity contribution in [3.63, 3.8) is 0 Å². The third-order valence-corrected chi connectivity index (χ3v) is 3.66. The molecule has 2 aromatic carbocycles. The number of hydrogen-bond donors (Lipinski definition) is 1. The van der Waals surface area contributed by atoms with Gasteiger partial charge < -0.3 is 10.1 Å². The molecule has 21 heavy (non-hydrogen) atoms. The summed E-state index contributed by atoms with van der Waals surface area (Å²) in [6.07, 6.45) is 2.43. The van der Waals surface area contributed by atoms with Gasteiger partial charge in [0.05, 0.1) is 0 Å². The molecule has 3 heteroatoms. The van der Waals surface area contributed by atoms with Crippen LogP contribution in [0.1, 0.15) is 29.5 Å². The highest BCUT2D eigenvalue weighted by Crippen LogP contribution is 2.24. The SMILES string of the molecule is Cc1cccc(COc2ccc(F)cc2CNC2CC2)c1. The summed E-state index contributed by atoms with van der Waals surface area (Å²) in [5, 5.41) is 3.40. The van der Waals surface area contributed by atoms with Crippen LogP contribution in [0.5, 0.6) is 5.75 Å². The van der Waals surface area contributed by atoms with E-state index in [1.165, 1.54) is 24.5 Å². The molecule has 0 heterocycles. The standard InChI is InChI=1S/C18H20FNO/c1-13-3-2-4-14(9-13)12-21-18-8-5-16(19)10-15(18)11-20-17-6-7-17/h2-5,8-10,17,20H,6-7,11-12H2,1H3. The minimum atomic E-state index is -0.217. The van der Waals surface area contributed by atoms with Crippen molar-refractivity contribution in [2.24, 2.45) is 0 Å². The molecular weight excluding hydrogens is 265 g/mol. The van der Waals surface area contributed by atoms with E-state index in [1.807, 2.05) is 12.1 Å². The average Bonchev–Trinajstić information content (AvgIpc) is 3.28. The summed E-state index contributed by atoms with van der Waals surface area (Å²) in [6.45, 7) is 3.22. The average molecular weight is 285 g/mol. The largest absolute Gasteiger partial charge is 0.489 e. The van der Waals surface area contributed by atoms with Gasteiger partial charge in [0.15, 0.2) is 0 Å². The van der Waals surface area contributed by atoms with E-state index >= 15 is 0 Å². The molecule has 0 atom stereocenters. The van der Waals surface area contributed by atoms with Crippen LogP contribution in [-0.4, -0.2) is 6.04 Å². The van der Waals surface area contributed by atoms with Crippen LogP contribution >= 0.6 is 0 Å². The van der Waals surface area contributed by atoms with E-state index in [1.54, 1.807) is 12.1 Å². The van der Waals surface area contributed by atoms with Gasteiger partial charge in [-0.2, -0.15) is 0 Å². The smallest absolute Gasteiger partial charge is 0.124 e. The second kappa shape index (κ2) is 6.27. The Morgan fingerprint density at radius 1 is 1.19 bits per heavy atom. The van der Waals surface area contributed by atoms with Crippen LogP contribution < -0.4 is 10.1 Å². The Kier molecular flexibility index (Phi) is 4.20. The first-order valence-corrected chi connectivity index (χ1v) is 7.41. The summed E-state index contributed by atoms with van der Waals surface area (Å²) in [4.78, 5) is 0. The fourth-order valence-electron chi connectivity index (χ4n) is 2.33. The van der Waals surface area contributed by atoms with E-state index in [0.29, 0.717) is 19.2 Å². The molecule has 1 fully saturated rings. The number of hydrogen-bond acceptors (Lipinski definition) is 2. The van der Waals surface area contributed by atoms with Crippen molar-refractivity contribution in [1.82, 2.24) is 5.32 Å². The summed E-state index contributed by atoms with van der Waals surface area (Å²) < 4.78 is 19.3. The van der Waals surface area contributed by atoms with E-state index in [9.17, 15) is 4.39 Å². The topological polar surface area (TPSA) is 21.3 Å². The summed E-state index contributed by atoms with van der Waals surface area (Å²) in [7, 11) is 0. The van der Waals surface area contributed by atoms with Crippen LogP contribution in [-0.2, 0) is 13.2 Å². The zero-order valence-corrected chi connectivity index (χ0v) is 12.2. The van der Waals surface area contributed by atoms with E-state index in [-0.39, 0.29) is 5.82 Å². The maximum absolute atomic E-state index is 13.4. The minimum absolute atomic E-state index is 0.217. The monoisotopic (exact) mass is 285 g/mol. The lowest BCUT2D eigenvalue weighted by molar-refractivity contribution is 0.301. The van der Waals surface area contributed by atoms with Crippen molar-refractivity contribution < 1.29 is 9.13 Å². The Labute approximate surface area is 125 Å². The van der Waals surface area contributed by atoms with Crippen LogP contribution in [0.25, 0.3) is 0 Å². The van der Waals surface area contributed by atoms with Crippen molar-refractivity contribution in [2.75, 3.05) is 0 Å². The second-order valence-corrected chi connectivity index (χ2v) is 5.68. The van der Waals surface area contributed by atoms with Gasteiger partial charge in [-0.3, -0.25) is 0 Å². The molecule has 110 valence electrons. The molecule has 2 nitrogen and oxygen atoms in total. The molecule has 3 rings (SSSR count). The molecule has 1 N–H and O–H groups in total. The van der Waals surface area contributed by atoms with E-state index in [4.69, 9.17) is 4.74 Å². The summed E-state index contributed by atoms with van der Waals surface area (Å²) in [5.41, 5.74) is 3.22. The maximum atomic E-state index is 13.4. The van der Waals surface area contributed by atoms with E-state index in [2.05, 4.69) is 24.4 Å². The lowest BCUT2D eigenvalue weighted by Crippen LogP contribution is -2.16. The second-order valence-electron chi connectivity index (χ2n) is 5.68. The molecule has 2 aromatic rings. The van der Waals surface area contributed by atoms with Gasteiger partial charge in [-0.05, 0) is 43.5 Å². The van der Waals surface area contributed by atoms with Crippen LogP contribution in [0.15, 0.2) is 42.5 Å². The molecule has 0 radical (unpaired) electrons. The number of rotatable bonds is 6. The van der Waals surface area contributed by atoms with Crippen LogP contribution in [0, 0.1) is 12.7 Å². The molecule has 1 aliphatic rings. The highest BCUT2D eigenvalue weighted by atomic mass is 19.1. The molecule has 0 saturated heterocycles. The summed E-state index contributed by atoms with van der Waals surface area (Å²) in [5.74, 6) is 0.538. The molecule has 0 aromatic heterocycles. The van der Waals surface area contributed by atoms with Gasteiger partial charge in [0.25, 0.3) is 0 Å². The van der Waals surface area contributed by atoms with Gasteiger partial charge in [0, 0.05) is 18.2 Å². The summed E-state index contributed by atoms with van der Waals surface area (Å²) in [6, 6.07) is 13.5. The molecule has 0 amide bonds. The Bertz CT molecular complexity index is 622. The molecule has 0 spiro atoms. The zero-order chi connectivity index (χ0) is 14.7. The highest BCUT2D eigenvalue weighted by Gasteiger charge is 2.20. The normalized spacial score (nSPS) is 14.2. The Balaban J connectivity index is 1.68. The van der Waals surface area contributed by atoms with Crippen molar-refractivity contribution in [3.8, 4) is 5.75 Å². The third kappa shape index (κ3) is 4.05. The van der Waals surface area contributed by atoms with Gasteiger partial charge in [0.1, 0.15) is 18.2 Å². The lowest BCUT2D eigenvalue weighted by atomic mass is 10.1. The number of ether oxygens (including phenoxy) is 1. The predicted molar refractivity (Wildman–Crippen MR) is 81.8 cm³/mol. The Morgan fingerprint density at radius 2 is 2.05 bits per heavy atom. The molecule has 0 bridgehead atoms. The number of benzene rings is 2. The van der Waals surface area contributed by atoms with Crippen molar-refractivity contribution in [2.45, 2.75) is 39.0 Å². The van der Waals surface area contributed by atoms with Gasteiger partial charge in [-0.15, -0.1) is 0 Å². The van der Waals surface area contributed by atoms with Crippen molar-refractivity contribution in [1.29, 1.82) is 0 Å². The quantitative estimate of drug-likeness (QED) is 0.867. The lowest BCUT2D eigenvalue weighted by Gasteiger charge is -2.12. The molecule has 1 saturated carbocycles. The van der Waals surface area contributed by atoms with Crippen molar-refractivity contribution in [3.05, 3.63) is 65.0 Å². The predicted octanol–water partition coefficient (Wildman–Crippen LogP) is 3.97. The Morgan fingerprint density at radius 3 is 2.81 bits per heavy atom. The fraction of sp³-hybridized carbons (Fsp3) is 0.333. The summed E-state index contributed by atoms with van der Waals surface area (Å²) >= 11 is 0. The molecule has 0 unspecified atom stereocenters. The van der Waals surface area contributed by atoms with Crippen LogP contribution in [0.4, 0.5) is 4.39 Å². The number of nitrogens with one attached hydrogen (secondary N) is 1. The number of halogens is 1. The minimum Gasteiger partial charge on any atom is -0.489 e.